The van der Waals surface area contributed by atoms with Crippen molar-refractivity contribution >= 4 is 16.7 Å². The number of hydrogen-bond acceptors (Lipinski definition) is 4. The zero-order valence-corrected chi connectivity index (χ0v) is 10.5. The molecule has 2 N–H and O–H groups in total. The van der Waals surface area contributed by atoms with Crippen LogP contribution in [0, 0.1) is 0 Å². The van der Waals surface area contributed by atoms with Crippen molar-refractivity contribution < 1.29 is 4.42 Å². The third kappa shape index (κ3) is 2.65. The highest BCUT2D eigenvalue weighted by atomic mass is 16.4. The number of fused-ring (bicyclic) bond motifs is 1. The van der Waals surface area contributed by atoms with Crippen LogP contribution in [0.3, 0.4) is 0 Å². The molecule has 1 heterocycles. The van der Waals surface area contributed by atoms with Crippen molar-refractivity contribution in [3.05, 3.63) is 46.3 Å². The molecule has 0 spiro atoms. The van der Waals surface area contributed by atoms with E-state index in [0.29, 0.717) is 23.4 Å². The zero-order chi connectivity index (χ0) is 13.1. The number of para-hydroxylation sites is 1. The smallest absolute Gasteiger partial charge is 0.345 e. The lowest BCUT2D eigenvalue weighted by molar-refractivity contribution is 0.559. The van der Waals surface area contributed by atoms with Crippen molar-refractivity contribution in [3.8, 4) is 0 Å². The Hall–Kier alpha value is -1.94. The minimum atomic E-state index is -0.361. The van der Waals surface area contributed by atoms with Gasteiger partial charge in [0.1, 0.15) is 5.58 Å². The predicted octanol–water partition coefficient (Wildman–Crippen LogP) is 1.95. The summed E-state index contributed by atoms with van der Waals surface area (Å²) >= 11 is 0. The van der Waals surface area contributed by atoms with Gasteiger partial charge in [0.05, 0.1) is 12.1 Å². The molecule has 4 nitrogen and oxygen atoms in total. The van der Waals surface area contributed by atoms with Crippen LogP contribution in [0.25, 0.3) is 11.0 Å². The van der Waals surface area contributed by atoms with Crippen molar-refractivity contribution in [2.75, 3.05) is 6.54 Å². The molecule has 1 atom stereocenters. The van der Waals surface area contributed by atoms with Crippen LogP contribution in [0.15, 0.2) is 44.5 Å². The lowest BCUT2D eigenvalue weighted by Crippen LogP contribution is -2.20. The van der Waals surface area contributed by atoms with Gasteiger partial charge in [0.2, 0.25) is 0 Å². The Morgan fingerprint density at radius 3 is 2.89 bits per heavy atom. The molecule has 0 unspecified atom stereocenters. The summed E-state index contributed by atoms with van der Waals surface area (Å²) in [7, 11) is 0. The third-order valence-electron chi connectivity index (χ3n) is 2.65. The number of aliphatic imine (C=N–C) groups is 1. The minimum Gasteiger partial charge on any atom is -0.422 e. The maximum Gasteiger partial charge on any atom is 0.345 e. The van der Waals surface area contributed by atoms with Gasteiger partial charge in [-0.2, -0.15) is 0 Å². The molecule has 0 aliphatic rings. The van der Waals surface area contributed by atoms with E-state index in [2.05, 4.69) is 4.99 Å². The van der Waals surface area contributed by atoms with Crippen molar-refractivity contribution in [2.24, 2.45) is 10.7 Å². The molecule has 4 heteroatoms. The van der Waals surface area contributed by atoms with Gasteiger partial charge in [0.15, 0.2) is 0 Å². The molecular formula is C14H16N2O2. The summed E-state index contributed by atoms with van der Waals surface area (Å²) < 4.78 is 5.25. The van der Waals surface area contributed by atoms with Crippen LogP contribution in [0.5, 0.6) is 0 Å². The summed E-state index contributed by atoms with van der Waals surface area (Å²) in [4.78, 5) is 16.1. The van der Waals surface area contributed by atoms with Gasteiger partial charge in [-0.15, -0.1) is 0 Å². The van der Waals surface area contributed by atoms with E-state index in [4.69, 9.17) is 10.2 Å². The van der Waals surface area contributed by atoms with E-state index in [1.165, 1.54) is 0 Å². The van der Waals surface area contributed by atoms with Crippen LogP contribution in [-0.4, -0.2) is 18.3 Å². The zero-order valence-electron chi connectivity index (χ0n) is 10.5. The fourth-order valence-corrected chi connectivity index (χ4v) is 1.68. The maximum absolute atomic E-state index is 11.8. The van der Waals surface area contributed by atoms with Gasteiger partial charge in [0.25, 0.3) is 0 Å². The largest absolute Gasteiger partial charge is 0.422 e. The van der Waals surface area contributed by atoms with E-state index in [0.717, 1.165) is 5.39 Å². The number of benzene rings is 1. The Labute approximate surface area is 105 Å². The summed E-state index contributed by atoms with van der Waals surface area (Å²) in [5, 5.41) is 0.891. The molecule has 0 saturated heterocycles. The highest BCUT2D eigenvalue weighted by Gasteiger charge is 2.07. The Morgan fingerprint density at radius 1 is 1.44 bits per heavy atom. The van der Waals surface area contributed by atoms with Crippen LogP contribution < -0.4 is 11.4 Å². The summed E-state index contributed by atoms with van der Waals surface area (Å²) in [6.07, 6.45) is 0. The number of hydrogen-bond donors (Lipinski definition) is 1. The van der Waals surface area contributed by atoms with Gasteiger partial charge in [-0.1, -0.05) is 18.2 Å². The second-order valence-corrected chi connectivity index (χ2v) is 4.39. The van der Waals surface area contributed by atoms with E-state index in [9.17, 15) is 4.79 Å². The van der Waals surface area contributed by atoms with Crippen molar-refractivity contribution in [1.29, 1.82) is 0 Å². The van der Waals surface area contributed by atoms with E-state index in [1.807, 2.05) is 25.1 Å². The van der Waals surface area contributed by atoms with Crippen LogP contribution in [0.1, 0.15) is 19.4 Å². The Kier molecular flexibility index (Phi) is 3.58. The van der Waals surface area contributed by atoms with E-state index in [1.54, 1.807) is 19.1 Å². The van der Waals surface area contributed by atoms with E-state index in [-0.39, 0.29) is 11.7 Å². The SMILES string of the molecule is CC(=NC[C@@H](C)N)c1cc2ccccc2oc1=O. The molecule has 0 fully saturated rings. The molecule has 0 amide bonds. The first-order valence-corrected chi connectivity index (χ1v) is 5.88. The fraction of sp³-hybridized carbons (Fsp3) is 0.286. The Balaban J connectivity index is 2.48. The molecular weight excluding hydrogens is 228 g/mol. The minimum absolute atomic E-state index is 0.0209. The molecule has 0 bridgehead atoms. The van der Waals surface area contributed by atoms with Gasteiger partial charge in [-0.25, -0.2) is 4.79 Å². The number of rotatable bonds is 3. The molecule has 2 aromatic rings. The van der Waals surface area contributed by atoms with Gasteiger partial charge in [0, 0.05) is 17.1 Å². The summed E-state index contributed by atoms with van der Waals surface area (Å²) in [5.41, 5.74) is 7.02. The van der Waals surface area contributed by atoms with Gasteiger partial charge in [-0.05, 0) is 26.0 Å². The summed E-state index contributed by atoms with van der Waals surface area (Å²) in [6.45, 7) is 4.17. The maximum atomic E-state index is 11.8. The van der Waals surface area contributed by atoms with Crippen molar-refractivity contribution in [1.82, 2.24) is 0 Å². The quantitative estimate of drug-likeness (QED) is 0.662. The lowest BCUT2D eigenvalue weighted by Gasteiger charge is -2.03. The van der Waals surface area contributed by atoms with Crippen LogP contribution in [0.2, 0.25) is 0 Å². The van der Waals surface area contributed by atoms with E-state index >= 15 is 0 Å². The second kappa shape index (κ2) is 5.14. The van der Waals surface area contributed by atoms with Crippen LogP contribution in [0.4, 0.5) is 0 Å². The fourth-order valence-electron chi connectivity index (χ4n) is 1.68. The molecule has 0 aliphatic carbocycles. The normalized spacial score (nSPS) is 13.8. The number of nitrogens with two attached hydrogens (primary N) is 1. The van der Waals surface area contributed by atoms with Crippen molar-refractivity contribution in [3.63, 3.8) is 0 Å². The third-order valence-corrected chi connectivity index (χ3v) is 2.65. The molecule has 1 aromatic carbocycles. The molecule has 0 saturated carbocycles. The topological polar surface area (TPSA) is 68.6 Å². The van der Waals surface area contributed by atoms with Crippen LogP contribution >= 0.6 is 0 Å². The number of nitrogens with zero attached hydrogens (tertiary/aromatic N) is 1. The van der Waals surface area contributed by atoms with Gasteiger partial charge >= 0.3 is 5.63 Å². The van der Waals surface area contributed by atoms with E-state index < -0.39 is 0 Å². The first kappa shape index (κ1) is 12.5. The molecule has 0 aliphatic heterocycles. The average Bonchev–Trinajstić information content (AvgIpc) is 2.35. The predicted molar refractivity (Wildman–Crippen MR) is 73.2 cm³/mol. The van der Waals surface area contributed by atoms with Crippen molar-refractivity contribution in [2.45, 2.75) is 19.9 Å². The monoisotopic (exact) mass is 244 g/mol. The standard InChI is InChI=1S/C14H16N2O2/c1-9(15)8-16-10(2)12-7-11-5-3-4-6-13(11)18-14(12)17/h3-7,9H,8,15H2,1-2H3/t9-/m1/s1. The van der Waals surface area contributed by atoms with Gasteiger partial charge in [-0.3, -0.25) is 4.99 Å². The molecule has 94 valence electrons. The molecule has 0 radical (unpaired) electrons. The second-order valence-electron chi connectivity index (χ2n) is 4.39. The Bertz CT molecular complexity index is 642. The highest BCUT2D eigenvalue weighted by Crippen LogP contribution is 2.13. The Morgan fingerprint density at radius 2 is 2.17 bits per heavy atom. The first-order valence-electron chi connectivity index (χ1n) is 5.88. The molecule has 2 rings (SSSR count). The van der Waals surface area contributed by atoms with Crippen LogP contribution in [-0.2, 0) is 0 Å². The summed E-state index contributed by atoms with van der Waals surface area (Å²) in [5.74, 6) is 0. The first-order chi connectivity index (χ1) is 8.58. The average molecular weight is 244 g/mol. The summed E-state index contributed by atoms with van der Waals surface area (Å²) in [6, 6.07) is 9.20. The molecule has 18 heavy (non-hydrogen) atoms. The highest BCUT2D eigenvalue weighted by molar-refractivity contribution is 6.00. The lowest BCUT2D eigenvalue weighted by atomic mass is 10.1. The van der Waals surface area contributed by atoms with Gasteiger partial charge < -0.3 is 10.2 Å². The molecule has 1 aromatic heterocycles.